The number of alkyl halides is 1. The Morgan fingerprint density at radius 1 is 1.28 bits per heavy atom. The molecule has 0 saturated carbocycles. The first kappa shape index (κ1) is 14.2. The van der Waals surface area contributed by atoms with Crippen LogP contribution >= 0.6 is 31.9 Å². The monoisotopic (exact) mass is 380 g/mol. The van der Waals surface area contributed by atoms with Gasteiger partial charge in [-0.05, 0) is 49.6 Å². The molecule has 2 rings (SSSR count). The fourth-order valence-electron chi connectivity index (χ4n) is 2.17. The Hall–Kier alpha value is -0.170. The molecular formula is C12H15Br2FN2O. The Labute approximate surface area is 123 Å². The molecule has 6 heteroatoms. The maximum atomic E-state index is 13.3. The number of halogens is 3. The lowest BCUT2D eigenvalue weighted by molar-refractivity contribution is 0.147. The minimum Gasteiger partial charge on any atom is -0.506 e. The van der Waals surface area contributed by atoms with Crippen molar-refractivity contribution in [3.05, 3.63) is 26.6 Å². The average molecular weight is 382 g/mol. The molecule has 0 radical (unpaired) electrons. The Balaban J connectivity index is 2.26. The van der Waals surface area contributed by atoms with Gasteiger partial charge in [0.1, 0.15) is 12.4 Å². The first-order chi connectivity index (χ1) is 8.63. The van der Waals surface area contributed by atoms with E-state index in [0.29, 0.717) is 8.95 Å². The standard InChI is InChI=1S/C12H15Br2FN2O/c13-9-5-8(6-10(14)12(9)18)11(7-15)17-3-1-16-2-4-17/h5-6,11,16,18H,1-4,7H2/t11-/m0/s1. The average Bonchev–Trinajstić information content (AvgIpc) is 2.38. The minimum absolute atomic E-state index is 0.150. The second-order valence-corrected chi connectivity index (χ2v) is 6.00. The SMILES string of the molecule is Oc1c(Br)cc([C@H](CF)N2CCNCC2)cc1Br. The summed E-state index contributed by atoms with van der Waals surface area (Å²) in [6.07, 6.45) is 0. The third-order valence-electron chi connectivity index (χ3n) is 3.16. The number of benzene rings is 1. The summed E-state index contributed by atoms with van der Waals surface area (Å²) in [6, 6.07) is 3.32. The van der Waals surface area contributed by atoms with Gasteiger partial charge in [0.15, 0.2) is 0 Å². The third kappa shape index (κ3) is 3.04. The number of rotatable bonds is 3. The molecule has 1 aromatic carbocycles. The maximum Gasteiger partial charge on any atom is 0.143 e. The van der Waals surface area contributed by atoms with Crippen molar-refractivity contribution in [2.45, 2.75) is 6.04 Å². The van der Waals surface area contributed by atoms with Gasteiger partial charge >= 0.3 is 0 Å². The van der Waals surface area contributed by atoms with Crippen molar-refractivity contribution >= 4 is 31.9 Å². The smallest absolute Gasteiger partial charge is 0.143 e. The van der Waals surface area contributed by atoms with Crippen LogP contribution in [0.5, 0.6) is 5.75 Å². The zero-order valence-corrected chi connectivity index (χ0v) is 13.0. The fraction of sp³-hybridized carbons (Fsp3) is 0.500. The summed E-state index contributed by atoms with van der Waals surface area (Å²) in [7, 11) is 0. The molecule has 1 aromatic rings. The summed E-state index contributed by atoms with van der Waals surface area (Å²) in [5.74, 6) is 0.150. The molecule has 1 saturated heterocycles. The Morgan fingerprint density at radius 2 is 1.83 bits per heavy atom. The third-order valence-corrected chi connectivity index (χ3v) is 4.37. The molecule has 3 nitrogen and oxygen atoms in total. The normalized spacial score (nSPS) is 18.8. The zero-order valence-electron chi connectivity index (χ0n) is 9.80. The Morgan fingerprint density at radius 3 is 2.33 bits per heavy atom. The molecule has 2 N–H and O–H groups in total. The summed E-state index contributed by atoms with van der Waals surface area (Å²) in [5, 5.41) is 12.9. The molecule has 0 aromatic heterocycles. The molecule has 0 unspecified atom stereocenters. The highest BCUT2D eigenvalue weighted by Gasteiger charge is 2.23. The summed E-state index contributed by atoms with van der Waals surface area (Å²) in [5.41, 5.74) is 0.871. The quantitative estimate of drug-likeness (QED) is 0.845. The lowest BCUT2D eigenvalue weighted by Gasteiger charge is -2.33. The van der Waals surface area contributed by atoms with Gasteiger partial charge in [-0.2, -0.15) is 0 Å². The van der Waals surface area contributed by atoms with Crippen LogP contribution in [-0.2, 0) is 0 Å². The lowest BCUT2D eigenvalue weighted by atomic mass is 10.1. The second-order valence-electron chi connectivity index (χ2n) is 4.29. The molecule has 1 heterocycles. The predicted molar refractivity (Wildman–Crippen MR) is 76.7 cm³/mol. The van der Waals surface area contributed by atoms with Crippen molar-refractivity contribution < 1.29 is 9.50 Å². The van der Waals surface area contributed by atoms with E-state index in [4.69, 9.17) is 0 Å². The van der Waals surface area contributed by atoms with Gasteiger partial charge < -0.3 is 10.4 Å². The highest BCUT2D eigenvalue weighted by molar-refractivity contribution is 9.11. The number of nitrogens with one attached hydrogen (secondary N) is 1. The molecule has 1 atom stereocenters. The molecule has 1 aliphatic heterocycles. The van der Waals surface area contributed by atoms with Crippen LogP contribution in [0, 0.1) is 0 Å². The largest absolute Gasteiger partial charge is 0.506 e. The molecule has 0 bridgehead atoms. The van der Waals surface area contributed by atoms with Gasteiger partial charge in [-0.1, -0.05) is 0 Å². The second kappa shape index (κ2) is 6.32. The van der Waals surface area contributed by atoms with E-state index in [1.54, 1.807) is 12.1 Å². The van der Waals surface area contributed by atoms with E-state index >= 15 is 0 Å². The number of hydrogen-bond acceptors (Lipinski definition) is 3. The van der Waals surface area contributed by atoms with Gasteiger partial charge in [-0.25, -0.2) is 4.39 Å². The predicted octanol–water partition coefficient (Wildman–Crippen LogP) is 2.83. The van der Waals surface area contributed by atoms with E-state index in [0.717, 1.165) is 31.7 Å². The lowest BCUT2D eigenvalue weighted by Crippen LogP contribution is -2.45. The molecule has 18 heavy (non-hydrogen) atoms. The van der Waals surface area contributed by atoms with Gasteiger partial charge in [0.2, 0.25) is 0 Å². The zero-order chi connectivity index (χ0) is 13.1. The van der Waals surface area contributed by atoms with Crippen molar-refractivity contribution in [2.75, 3.05) is 32.9 Å². The number of phenolic OH excluding ortho intramolecular Hbond substituents is 1. The van der Waals surface area contributed by atoms with Gasteiger partial charge in [0.25, 0.3) is 0 Å². The van der Waals surface area contributed by atoms with Crippen LogP contribution in [0.1, 0.15) is 11.6 Å². The van der Waals surface area contributed by atoms with Crippen LogP contribution in [-0.4, -0.2) is 42.9 Å². The van der Waals surface area contributed by atoms with E-state index in [2.05, 4.69) is 42.1 Å². The molecule has 1 aliphatic rings. The number of nitrogens with zero attached hydrogens (tertiary/aromatic N) is 1. The summed E-state index contributed by atoms with van der Waals surface area (Å²) in [6.45, 7) is 3.02. The number of phenols is 1. The van der Waals surface area contributed by atoms with Crippen molar-refractivity contribution in [1.82, 2.24) is 10.2 Å². The Kier molecular flexibility index (Phi) is 5.00. The number of aromatic hydroxyl groups is 1. The molecule has 0 spiro atoms. The molecule has 0 aliphatic carbocycles. The fourth-order valence-corrected chi connectivity index (χ4v) is 3.39. The van der Waals surface area contributed by atoms with E-state index in [1.807, 2.05) is 0 Å². The Bertz CT molecular complexity index is 402. The summed E-state index contributed by atoms with van der Waals surface area (Å²) < 4.78 is 14.5. The number of hydrogen-bond donors (Lipinski definition) is 2. The first-order valence-electron chi connectivity index (χ1n) is 5.82. The van der Waals surface area contributed by atoms with Crippen molar-refractivity contribution in [2.24, 2.45) is 0 Å². The van der Waals surface area contributed by atoms with Gasteiger partial charge in [-0.15, -0.1) is 0 Å². The van der Waals surface area contributed by atoms with Crippen LogP contribution in [0.3, 0.4) is 0 Å². The van der Waals surface area contributed by atoms with Crippen molar-refractivity contribution in [1.29, 1.82) is 0 Å². The van der Waals surface area contributed by atoms with Crippen molar-refractivity contribution in [3.8, 4) is 5.75 Å². The van der Waals surface area contributed by atoms with Gasteiger partial charge in [0.05, 0.1) is 15.0 Å². The van der Waals surface area contributed by atoms with Crippen LogP contribution in [0.25, 0.3) is 0 Å². The van der Waals surface area contributed by atoms with E-state index in [9.17, 15) is 9.50 Å². The van der Waals surface area contributed by atoms with Crippen molar-refractivity contribution in [3.63, 3.8) is 0 Å². The van der Waals surface area contributed by atoms with Crippen LogP contribution in [0.2, 0.25) is 0 Å². The highest BCUT2D eigenvalue weighted by Crippen LogP contribution is 2.36. The molecule has 1 fully saturated rings. The molecule has 0 amide bonds. The molecule has 100 valence electrons. The van der Waals surface area contributed by atoms with Crippen LogP contribution < -0.4 is 5.32 Å². The first-order valence-corrected chi connectivity index (χ1v) is 7.40. The highest BCUT2D eigenvalue weighted by atomic mass is 79.9. The molecular weight excluding hydrogens is 367 g/mol. The van der Waals surface area contributed by atoms with E-state index in [-0.39, 0.29) is 11.8 Å². The van der Waals surface area contributed by atoms with E-state index < -0.39 is 6.67 Å². The summed E-state index contributed by atoms with van der Waals surface area (Å²) in [4.78, 5) is 2.13. The maximum absolute atomic E-state index is 13.3. The van der Waals surface area contributed by atoms with Gasteiger partial charge in [-0.3, -0.25) is 4.90 Å². The summed E-state index contributed by atoms with van der Waals surface area (Å²) >= 11 is 6.57. The van der Waals surface area contributed by atoms with Crippen LogP contribution in [0.4, 0.5) is 4.39 Å². The van der Waals surface area contributed by atoms with E-state index in [1.165, 1.54) is 0 Å². The topological polar surface area (TPSA) is 35.5 Å². The van der Waals surface area contributed by atoms with Crippen LogP contribution in [0.15, 0.2) is 21.1 Å². The minimum atomic E-state index is -0.427. The number of piperazine rings is 1. The van der Waals surface area contributed by atoms with Gasteiger partial charge in [0, 0.05) is 26.2 Å².